The molecule has 0 fully saturated rings. The van der Waals surface area contributed by atoms with Gasteiger partial charge in [-0.3, -0.25) is 5.10 Å². The number of rotatable bonds is 2. The minimum atomic E-state index is -0.357. The third kappa shape index (κ3) is 2.47. The first-order chi connectivity index (χ1) is 7.13. The lowest BCUT2D eigenvalue weighted by atomic mass is 10.3. The topological polar surface area (TPSA) is 67.6 Å². The van der Waals surface area contributed by atoms with Crippen LogP contribution >= 0.6 is 11.8 Å². The minimum Gasteiger partial charge on any atom is -0.399 e. The minimum absolute atomic E-state index is 0.357. The number of hydrogen-bond donors (Lipinski definition) is 2. The van der Waals surface area contributed by atoms with Crippen LogP contribution in [0.4, 0.5) is 10.1 Å². The largest absolute Gasteiger partial charge is 0.399 e. The summed E-state index contributed by atoms with van der Waals surface area (Å²) >= 11 is 1.26. The number of anilines is 1. The maximum Gasteiger partial charge on any atom is 0.213 e. The van der Waals surface area contributed by atoms with E-state index in [-0.39, 0.29) is 5.82 Å². The summed E-state index contributed by atoms with van der Waals surface area (Å²) in [6, 6.07) is 4.35. The second kappa shape index (κ2) is 3.90. The molecule has 0 bridgehead atoms. The molecule has 2 rings (SSSR count). The summed E-state index contributed by atoms with van der Waals surface area (Å²) in [4.78, 5) is 4.78. The molecule has 1 heterocycles. The highest BCUT2D eigenvalue weighted by molar-refractivity contribution is 7.99. The number of nitrogens with zero attached hydrogens (tertiary/aromatic N) is 2. The van der Waals surface area contributed by atoms with Gasteiger partial charge in [-0.1, -0.05) is 0 Å². The normalized spacial score (nSPS) is 10.5. The molecule has 1 aromatic carbocycles. The lowest BCUT2D eigenvalue weighted by molar-refractivity contribution is 0.625. The number of nitrogen functional groups attached to an aromatic ring is 1. The van der Waals surface area contributed by atoms with Crippen LogP contribution in [0, 0.1) is 12.7 Å². The molecule has 0 unspecified atom stereocenters. The average Bonchev–Trinajstić information content (AvgIpc) is 2.49. The molecule has 0 aliphatic heterocycles. The number of nitrogens with one attached hydrogen (secondary N) is 1. The summed E-state index contributed by atoms with van der Waals surface area (Å²) in [7, 11) is 0. The molecule has 0 saturated carbocycles. The third-order valence-electron chi connectivity index (χ3n) is 1.68. The summed E-state index contributed by atoms with van der Waals surface area (Å²) in [6.07, 6.45) is 0. The molecule has 0 spiro atoms. The molecule has 15 heavy (non-hydrogen) atoms. The first-order valence-electron chi connectivity index (χ1n) is 4.26. The predicted octanol–water partition coefficient (Wildman–Crippen LogP) is 1.99. The van der Waals surface area contributed by atoms with Crippen molar-refractivity contribution in [1.29, 1.82) is 0 Å². The molecular weight excluding hydrogens is 215 g/mol. The zero-order valence-electron chi connectivity index (χ0n) is 7.99. The number of aryl methyl sites for hydroxylation is 1. The van der Waals surface area contributed by atoms with E-state index in [1.54, 1.807) is 13.0 Å². The fourth-order valence-electron chi connectivity index (χ4n) is 1.12. The Bertz CT molecular complexity index is 462. The van der Waals surface area contributed by atoms with Gasteiger partial charge in [-0.15, -0.1) is 5.10 Å². The van der Waals surface area contributed by atoms with Crippen LogP contribution in [0.3, 0.4) is 0 Å². The first kappa shape index (κ1) is 9.97. The standard InChI is InChI=1S/C9H9FN4S/c1-5-12-9(14-13-5)15-8-3-6(10)2-7(11)4-8/h2-4H,11H2,1H3,(H,12,13,14). The zero-order valence-corrected chi connectivity index (χ0v) is 8.81. The lowest BCUT2D eigenvalue weighted by Gasteiger charge is -1.99. The molecule has 4 nitrogen and oxygen atoms in total. The van der Waals surface area contributed by atoms with Crippen LogP contribution in [-0.4, -0.2) is 15.2 Å². The van der Waals surface area contributed by atoms with E-state index in [1.165, 1.54) is 23.9 Å². The van der Waals surface area contributed by atoms with Gasteiger partial charge in [0.2, 0.25) is 5.16 Å². The van der Waals surface area contributed by atoms with Crippen molar-refractivity contribution in [3.63, 3.8) is 0 Å². The Morgan fingerprint density at radius 3 is 2.80 bits per heavy atom. The molecule has 0 saturated heterocycles. The molecule has 2 aromatic rings. The molecule has 6 heteroatoms. The van der Waals surface area contributed by atoms with E-state index in [2.05, 4.69) is 15.2 Å². The number of hydrogen-bond acceptors (Lipinski definition) is 4. The van der Waals surface area contributed by atoms with Crippen molar-refractivity contribution in [2.45, 2.75) is 17.0 Å². The summed E-state index contributed by atoms with van der Waals surface area (Å²) in [5, 5.41) is 7.20. The van der Waals surface area contributed by atoms with E-state index in [9.17, 15) is 4.39 Å². The maximum atomic E-state index is 13.0. The van der Waals surface area contributed by atoms with E-state index >= 15 is 0 Å². The van der Waals surface area contributed by atoms with Crippen LogP contribution in [0.25, 0.3) is 0 Å². The van der Waals surface area contributed by atoms with Crippen molar-refractivity contribution in [3.05, 3.63) is 29.8 Å². The molecule has 0 aliphatic carbocycles. The van der Waals surface area contributed by atoms with Crippen molar-refractivity contribution in [2.24, 2.45) is 0 Å². The van der Waals surface area contributed by atoms with Crippen LogP contribution < -0.4 is 5.73 Å². The second-order valence-corrected chi connectivity index (χ2v) is 4.07. The number of nitrogens with two attached hydrogens (primary N) is 1. The van der Waals surface area contributed by atoms with Crippen molar-refractivity contribution >= 4 is 17.4 Å². The van der Waals surface area contributed by atoms with Crippen molar-refractivity contribution in [3.8, 4) is 0 Å². The fourth-order valence-corrected chi connectivity index (χ4v) is 1.97. The van der Waals surface area contributed by atoms with Gasteiger partial charge in [0.05, 0.1) is 0 Å². The number of benzene rings is 1. The smallest absolute Gasteiger partial charge is 0.213 e. The van der Waals surface area contributed by atoms with E-state index in [1.807, 2.05) is 0 Å². The van der Waals surface area contributed by atoms with Crippen LogP contribution in [0.15, 0.2) is 28.3 Å². The maximum absolute atomic E-state index is 13.0. The number of H-pyrrole nitrogens is 1. The summed E-state index contributed by atoms with van der Waals surface area (Å²) in [5.74, 6) is 0.367. The monoisotopic (exact) mass is 224 g/mol. The lowest BCUT2D eigenvalue weighted by Crippen LogP contribution is -1.87. The van der Waals surface area contributed by atoms with Gasteiger partial charge in [-0.2, -0.15) is 0 Å². The zero-order chi connectivity index (χ0) is 10.8. The Balaban J connectivity index is 2.24. The predicted molar refractivity (Wildman–Crippen MR) is 56.1 cm³/mol. The summed E-state index contributed by atoms with van der Waals surface area (Å²) < 4.78 is 13.0. The highest BCUT2D eigenvalue weighted by atomic mass is 32.2. The Hall–Kier alpha value is -1.56. The van der Waals surface area contributed by atoms with Gasteiger partial charge in [0.1, 0.15) is 11.6 Å². The summed E-state index contributed by atoms with van der Waals surface area (Å²) in [5.41, 5.74) is 5.91. The number of aromatic amines is 1. The van der Waals surface area contributed by atoms with Crippen molar-refractivity contribution < 1.29 is 4.39 Å². The molecule has 0 radical (unpaired) electrons. The molecule has 0 amide bonds. The van der Waals surface area contributed by atoms with Gasteiger partial charge >= 0.3 is 0 Å². The highest BCUT2D eigenvalue weighted by Gasteiger charge is 2.04. The van der Waals surface area contributed by atoms with Crippen molar-refractivity contribution in [2.75, 3.05) is 5.73 Å². The average molecular weight is 224 g/mol. The van der Waals surface area contributed by atoms with Gasteiger partial charge < -0.3 is 5.73 Å². The third-order valence-corrected chi connectivity index (χ3v) is 2.52. The van der Waals surface area contributed by atoms with Crippen LogP contribution in [0.2, 0.25) is 0 Å². The number of aromatic nitrogens is 3. The van der Waals surface area contributed by atoms with Crippen LogP contribution in [0.5, 0.6) is 0 Å². The Morgan fingerprint density at radius 2 is 2.20 bits per heavy atom. The van der Waals surface area contributed by atoms with Gasteiger partial charge in [0, 0.05) is 10.6 Å². The molecule has 0 aliphatic rings. The molecule has 3 N–H and O–H groups in total. The van der Waals surface area contributed by atoms with Crippen molar-refractivity contribution in [1.82, 2.24) is 15.2 Å². The Labute approximate surface area is 90.1 Å². The number of halogens is 1. The SMILES string of the molecule is Cc1nc(Sc2cc(N)cc(F)c2)n[nH]1. The van der Waals surface area contributed by atoms with Gasteiger partial charge in [-0.05, 0) is 36.9 Å². The fraction of sp³-hybridized carbons (Fsp3) is 0.111. The molecular formula is C9H9FN4S. The Kier molecular flexibility index (Phi) is 2.59. The van der Waals surface area contributed by atoms with Gasteiger partial charge in [0.15, 0.2) is 0 Å². The van der Waals surface area contributed by atoms with Gasteiger partial charge in [0.25, 0.3) is 0 Å². The van der Waals surface area contributed by atoms with E-state index in [0.717, 1.165) is 5.82 Å². The Morgan fingerprint density at radius 1 is 1.40 bits per heavy atom. The molecule has 78 valence electrons. The van der Waals surface area contributed by atoms with Crippen LogP contribution in [0.1, 0.15) is 5.82 Å². The van der Waals surface area contributed by atoms with Crippen LogP contribution in [-0.2, 0) is 0 Å². The second-order valence-electron chi connectivity index (χ2n) is 3.03. The van der Waals surface area contributed by atoms with E-state index in [0.29, 0.717) is 15.7 Å². The van der Waals surface area contributed by atoms with E-state index in [4.69, 9.17) is 5.73 Å². The van der Waals surface area contributed by atoms with E-state index < -0.39 is 0 Å². The first-order valence-corrected chi connectivity index (χ1v) is 5.08. The molecule has 0 atom stereocenters. The molecule has 1 aromatic heterocycles. The highest BCUT2D eigenvalue weighted by Crippen LogP contribution is 2.26. The summed E-state index contributed by atoms with van der Waals surface area (Å²) in [6.45, 7) is 1.80. The van der Waals surface area contributed by atoms with Gasteiger partial charge in [-0.25, -0.2) is 9.37 Å². The quantitative estimate of drug-likeness (QED) is 0.765.